The zero-order chi connectivity index (χ0) is 24.3. The Morgan fingerprint density at radius 3 is 2.69 bits per heavy atom. The van der Waals surface area contributed by atoms with E-state index in [1.807, 2.05) is 36.4 Å². The lowest BCUT2D eigenvalue weighted by Crippen LogP contribution is -2.45. The van der Waals surface area contributed by atoms with Gasteiger partial charge in [0.2, 0.25) is 0 Å². The molecule has 2 aliphatic heterocycles. The van der Waals surface area contributed by atoms with Crippen LogP contribution in [0.2, 0.25) is 0 Å². The number of methoxy groups -OCH3 is 1. The van der Waals surface area contributed by atoms with Crippen molar-refractivity contribution in [2.75, 3.05) is 7.11 Å². The van der Waals surface area contributed by atoms with E-state index in [-0.39, 0.29) is 24.2 Å². The highest BCUT2D eigenvalue weighted by Gasteiger charge is 2.48. The maximum atomic E-state index is 13.8. The highest BCUT2D eigenvalue weighted by molar-refractivity contribution is 5.99. The molecule has 4 aromatic rings. The van der Waals surface area contributed by atoms with E-state index in [9.17, 15) is 14.7 Å². The zero-order valence-corrected chi connectivity index (χ0v) is 19.3. The number of rotatable bonds is 3. The van der Waals surface area contributed by atoms with Gasteiger partial charge >= 0.3 is 5.97 Å². The summed E-state index contributed by atoms with van der Waals surface area (Å²) in [7, 11) is 1.35. The Morgan fingerprint density at radius 1 is 1.17 bits per heavy atom. The maximum Gasteiger partial charge on any atom is 0.338 e. The van der Waals surface area contributed by atoms with Gasteiger partial charge in [0.05, 0.1) is 29.0 Å². The van der Waals surface area contributed by atoms with E-state index in [1.54, 1.807) is 30.0 Å². The second-order valence-corrected chi connectivity index (χ2v) is 8.88. The Labute approximate surface area is 200 Å². The van der Waals surface area contributed by atoms with Crippen molar-refractivity contribution in [2.45, 2.75) is 38.2 Å². The first-order valence-corrected chi connectivity index (χ1v) is 11.5. The van der Waals surface area contributed by atoms with Gasteiger partial charge in [-0.15, -0.1) is 0 Å². The fraction of sp³-hybridized carbons (Fsp3) is 0.259. The average Bonchev–Trinajstić information content (AvgIpc) is 3.20. The molecule has 1 N–H and O–H groups in total. The Balaban J connectivity index is 1.67. The number of nitrogens with zero attached hydrogens (tertiary/aromatic N) is 3. The lowest BCUT2D eigenvalue weighted by molar-refractivity contribution is -0.174. The normalized spacial score (nSPS) is 20.7. The zero-order valence-electron chi connectivity index (χ0n) is 19.3. The smallest absolute Gasteiger partial charge is 0.338 e. The molecule has 2 atom stereocenters. The average molecular weight is 469 g/mol. The van der Waals surface area contributed by atoms with Crippen LogP contribution >= 0.6 is 0 Å². The summed E-state index contributed by atoms with van der Waals surface area (Å²) in [6.45, 7) is 1.84. The molecule has 8 nitrogen and oxygen atoms in total. The molecular weight excluding hydrogens is 446 g/mol. The molecule has 0 saturated carbocycles. The highest BCUT2D eigenvalue weighted by Crippen LogP contribution is 2.43. The molecule has 35 heavy (non-hydrogen) atoms. The Bertz CT molecular complexity index is 1560. The van der Waals surface area contributed by atoms with E-state index in [1.165, 1.54) is 7.11 Å². The summed E-state index contributed by atoms with van der Waals surface area (Å²) in [6, 6.07) is 13.5. The largest absolute Gasteiger partial charge is 0.459 e. The maximum absolute atomic E-state index is 13.8. The number of hydrogen-bond donors (Lipinski definition) is 1. The molecule has 5 heterocycles. The lowest BCUT2D eigenvalue weighted by Gasteiger charge is -2.32. The highest BCUT2D eigenvalue weighted by atomic mass is 16.6. The number of para-hydroxylation sites is 1. The Kier molecular flexibility index (Phi) is 4.84. The summed E-state index contributed by atoms with van der Waals surface area (Å²) in [5, 5.41) is 12.6. The topological polar surface area (TPSA) is 104 Å². The number of aliphatic hydroxyl groups is 1. The number of fused-ring (bicyclic) bond motifs is 5. The van der Waals surface area contributed by atoms with E-state index >= 15 is 0 Å². The summed E-state index contributed by atoms with van der Waals surface area (Å²) < 4.78 is 12.3. The number of benzene rings is 1. The second kappa shape index (κ2) is 7.83. The van der Waals surface area contributed by atoms with Gasteiger partial charge in [0.25, 0.3) is 5.56 Å². The number of carbonyl (C=O) groups is 1. The van der Waals surface area contributed by atoms with Crippen molar-refractivity contribution < 1.29 is 19.4 Å². The molecule has 0 saturated heterocycles. The molecule has 0 radical (unpaired) electrons. The molecule has 1 aromatic carbocycles. The minimum atomic E-state index is -1.71. The summed E-state index contributed by atoms with van der Waals surface area (Å²) in [5.74, 6) is -0.692. The van der Waals surface area contributed by atoms with Gasteiger partial charge in [-0.25, -0.2) is 9.78 Å². The molecular formula is C27H23N3O5. The second-order valence-electron chi connectivity index (χ2n) is 8.88. The van der Waals surface area contributed by atoms with Crippen LogP contribution in [0.5, 0.6) is 0 Å². The van der Waals surface area contributed by atoms with Crippen molar-refractivity contribution in [2.24, 2.45) is 0 Å². The number of esters is 1. The standard InChI is InChI=1S/C27H23N3O5/c1-3-27(33)19-12-21-23-17(13-30(21)25(31)18(19)14-35-26(32)24(27)34-2)22(15-8-10-28-11-9-15)16-6-4-5-7-20(16)29-23/h4-12,24,33H,3,13-14H2,1-2H3/t24-,27+/m1/s1. The molecule has 0 unspecified atom stereocenters. The monoisotopic (exact) mass is 469 g/mol. The van der Waals surface area contributed by atoms with Crippen LogP contribution in [0, 0.1) is 0 Å². The predicted molar refractivity (Wildman–Crippen MR) is 129 cm³/mol. The van der Waals surface area contributed by atoms with Crippen molar-refractivity contribution in [3.8, 4) is 22.5 Å². The Hall–Kier alpha value is -3.88. The molecule has 6 rings (SSSR count). The minimum Gasteiger partial charge on any atom is -0.459 e. The number of carbonyl (C=O) groups excluding carboxylic acids is 1. The van der Waals surface area contributed by atoms with Gasteiger partial charge in [0.15, 0.2) is 6.10 Å². The van der Waals surface area contributed by atoms with Gasteiger partial charge in [-0.2, -0.15) is 0 Å². The Morgan fingerprint density at radius 2 is 1.94 bits per heavy atom. The summed E-state index contributed by atoms with van der Waals surface area (Å²) in [6.07, 6.45) is 2.41. The fourth-order valence-corrected chi connectivity index (χ4v) is 5.41. The molecule has 0 spiro atoms. The molecule has 0 amide bonds. The van der Waals surface area contributed by atoms with E-state index < -0.39 is 17.7 Å². The van der Waals surface area contributed by atoms with Crippen molar-refractivity contribution in [3.05, 3.63) is 81.9 Å². The van der Waals surface area contributed by atoms with Crippen LogP contribution in [0.1, 0.15) is 30.0 Å². The van der Waals surface area contributed by atoms with Crippen LogP contribution in [0.3, 0.4) is 0 Å². The SMILES string of the molecule is CC[C@]1(O)c2cc3n(c(=O)c2COC(=O)[C@H]1OC)Cc1c-3nc2ccccc2c1-c1ccncc1. The first-order chi connectivity index (χ1) is 17.0. The van der Waals surface area contributed by atoms with E-state index in [0.29, 0.717) is 23.5 Å². The number of pyridine rings is 3. The number of aromatic nitrogens is 3. The fourth-order valence-electron chi connectivity index (χ4n) is 5.41. The first kappa shape index (κ1) is 21.6. The number of ether oxygens (including phenoxy) is 2. The van der Waals surface area contributed by atoms with Gasteiger partial charge in [0, 0.05) is 36.0 Å². The first-order valence-electron chi connectivity index (χ1n) is 11.5. The van der Waals surface area contributed by atoms with Gasteiger partial charge in [-0.05, 0) is 41.8 Å². The number of hydrogen-bond acceptors (Lipinski definition) is 7. The molecule has 3 aromatic heterocycles. The quantitative estimate of drug-likeness (QED) is 0.405. The summed E-state index contributed by atoms with van der Waals surface area (Å²) in [5.41, 5.74) is 3.57. The van der Waals surface area contributed by atoms with Crippen molar-refractivity contribution in [1.29, 1.82) is 0 Å². The third-order valence-electron chi connectivity index (χ3n) is 7.17. The van der Waals surface area contributed by atoms with Gasteiger partial charge < -0.3 is 19.1 Å². The third-order valence-corrected chi connectivity index (χ3v) is 7.17. The number of cyclic esters (lactones) is 1. The molecule has 2 aliphatic rings. The van der Waals surface area contributed by atoms with Gasteiger partial charge in [-0.1, -0.05) is 25.1 Å². The molecule has 0 bridgehead atoms. The minimum absolute atomic E-state index is 0.163. The molecule has 8 heteroatoms. The van der Waals surface area contributed by atoms with Crippen LogP contribution in [-0.2, 0) is 33.0 Å². The predicted octanol–water partition coefficient (Wildman–Crippen LogP) is 3.16. The van der Waals surface area contributed by atoms with Gasteiger partial charge in [-0.3, -0.25) is 9.78 Å². The van der Waals surface area contributed by atoms with E-state index in [4.69, 9.17) is 14.5 Å². The molecule has 0 aliphatic carbocycles. The van der Waals surface area contributed by atoms with Crippen LogP contribution in [-0.4, -0.2) is 38.8 Å². The molecule has 176 valence electrons. The van der Waals surface area contributed by atoms with E-state index in [2.05, 4.69) is 4.98 Å². The van der Waals surface area contributed by atoms with Crippen LogP contribution < -0.4 is 5.56 Å². The third kappa shape index (κ3) is 3.00. The van der Waals surface area contributed by atoms with Gasteiger partial charge in [0.1, 0.15) is 12.2 Å². The van der Waals surface area contributed by atoms with Crippen molar-refractivity contribution >= 4 is 16.9 Å². The van der Waals surface area contributed by atoms with Crippen LogP contribution in [0.4, 0.5) is 0 Å². The van der Waals surface area contributed by atoms with Crippen molar-refractivity contribution in [3.63, 3.8) is 0 Å². The van der Waals surface area contributed by atoms with E-state index in [0.717, 1.165) is 27.6 Å². The lowest BCUT2D eigenvalue weighted by atomic mass is 9.83. The summed E-state index contributed by atoms with van der Waals surface area (Å²) in [4.78, 5) is 35.4. The summed E-state index contributed by atoms with van der Waals surface area (Å²) >= 11 is 0. The van der Waals surface area contributed by atoms with Crippen molar-refractivity contribution in [1.82, 2.24) is 14.5 Å². The molecule has 0 fully saturated rings. The van der Waals surface area contributed by atoms with Crippen LogP contribution in [0.15, 0.2) is 59.7 Å². The van der Waals surface area contributed by atoms with Crippen LogP contribution in [0.25, 0.3) is 33.4 Å².